The number of rotatable bonds is 2. The molecular weight excluding hydrogens is 170 g/mol. The molecule has 1 N–H and O–H groups in total. The van der Waals surface area contributed by atoms with Gasteiger partial charge in [0.25, 0.3) is 0 Å². The highest BCUT2D eigenvalue weighted by Gasteiger charge is 2.26. The van der Waals surface area contributed by atoms with Gasteiger partial charge in [0, 0.05) is 24.9 Å². The lowest BCUT2D eigenvalue weighted by Gasteiger charge is -2.32. The van der Waals surface area contributed by atoms with Crippen LogP contribution in [0.25, 0.3) is 0 Å². The van der Waals surface area contributed by atoms with E-state index in [0.29, 0.717) is 6.42 Å². The molecule has 0 spiro atoms. The van der Waals surface area contributed by atoms with Crippen molar-refractivity contribution in [2.45, 2.75) is 38.6 Å². The molecule has 13 heavy (non-hydrogen) atoms. The molecule has 2 atom stereocenters. The van der Waals surface area contributed by atoms with Gasteiger partial charge in [-0.2, -0.15) is 0 Å². The van der Waals surface area contributed by atoms with Crippen molar-refractivity contribution in [3.8, 4) is 0 Å². The summed E-state index contributed by atoms with van der Waals surface area (Å²) in [5.74, 6) is -1.71. The summed E-state index contributed by atoms with van der Waals surface area (Å²) in [6.45, 7) is 1.40. The zero-order valence-electron chi connectivity index (χ0n) is 7.71. The van der Waals surface area contributed by atoms with Crippen LogP contribution in [-0.2, 0) is 9.59 Å². The molecule has 0 radical (unpaired) electrons. The van der Waals surface area contributed by atoms with Gasteiger partial charge in [0.2, 0.25) is 5.91 Å². The lowest BCUT2D eigenvalue weighted by Crippen LogP contribution is -2.48. The first kappa shape index (κ1) is 10.0. The lowest BCUT2D eigenvalue weighted by molar-refractivity contribution is -0.313. The maximum atomic E-state index is 10.8. The second kappa shape index (κ2) is 4.25. The fourth-order valence-corrected chi connectivity index (χ4v) is 1.85. The summed E-state index contributed by atoms with van der Waals surface area (Å²) >= 11 is 0. The summed E-state index contributed by atoms with van der Waals surface area (Å²) in [4.78, 5) is 21.4. The van der Waals surface area contributed by atoms with Gasteiger partial charge in [-0.25, -0.2) is 0 Å². The Hall–Kier alpha value is -1.06. The third-order valence-corrected chi connectivity index (χ3v) is 2.46. The Balaban J connectivity index is 2.56. The normalized spacial score (nSPS) is 28.1. The molecule has 1 amide bonds. The van der Waals surface area contributed by atoms with E-state index in [4.69, 9.17) is 0 Å². The van der Waals surface area contributed by atoms with Gasteiger partial charge in [0.05, 0.1) is 0 Å². The van der Waals surface area contributed by atoms with Crippen molar-refractivity contribution < 1.29 is 14.7 Å². The summed E-state index contributed by atoms with van der Waals surface area (Å²) in [5.41, 5.74) is 0. The summed E-state index contributed by atoms with van der Waals surface area (Å²) in [6, 6.07) is -0.226. The number of carboxylic acids is 1. The van der Waals surface area contributed by atoms with E-state index >= 15 is 0 Å². The maximum absolute atomic E-state index is 10.8. The highest BCUT2D eigenvalue weighted by Crippen LogP contribution is 2.23. The molecule has 1 rings (SSSR count). The van der Waals surface area contributed by atoms with Crippen molar-refractivity contribution in [2.75, 3.05) is 0 Å². The molecular formula is C9H14NO3-. The minimum absolute atomic E-state index is 0.168. The van der Waals surface area contributed by atoms with Crippen LogP contribution in [-0.4, -0.2) is 17.9 Å². The molecule has 0 aliphatic heterocycles. The van der Waals surface area contributed by atoms with E-state index < -0.39 is 11.9 Å². The van der Waals surface area contributed by atoms with Gasteiger partial charge in [-0.05, 0) is 12.8 Å². The first-order valence-corrected chi connectivity index (χ1v) is 4.59. The number of hydrogen-bond acceptors (Lipinski definition) is 3. The lowest BCUT2D eigenvalue weighted by atomic mass is 9.84. The molecule has 0 unspecified atom stereocenters. The second-order valence-corrected chi connectivity index (χ2v) is 3.52. The predicted molar refractivity (Wildman–Crippen MR) is 44.6 cm³/mol. The van der Waals surface area contributed by atoms with Gasteiger partial charge in [-0.3, -0.25) is 4.79 Å². The zero-order valence-corrected chi connectivity index (χ0v) is 7.71. The minimum atomic E-state index is -1.04. The van der Waals surface area contributed by atoms with E-state index in [2.05, 4.69) is 5.32 Å². The third kappa shape index (κ3) is 2.72. The van der Waals surface area contributed by atoms with E-state index in [1.807, 2.05) is 0 Å². The Kier molecular flexibility index (Phi) is 3.28. The van der Waals surface area contributed by atoms with Gasteiger partial charge in [0.15, 0.2) is 0 Å². The fourth-order valence-electron chi connectivity index (χ4n) is 1.85. The number of carbonyl (C=O) groups is 2. The van der Waals surface area contributed by atoms with Gasteiger partial charge >= 0.3 is 0 Å². The van der Waals surface area contributed by atoms with Crippen molar-refractivity contribution in [3.63, 3.8) is 0 Å². The summed E-state index contributed by atoms with van der Waals surface area (Å²) < 4.78 is 0. The van der Waals surface area contributed by atoms with Crippen LogP contribution in [0.3, 0.4) is 0 Å². The minimum Gasteiger partial charge on any atom is -0.550 e. The topological polar surface area (TPSA) is 69.2 Å². The Morgan fingerprint density at radius 3 is 2.46 bits per heavy atom. The Labute approximate surface area is 77.3 Å². The van der Waals surface area contributed by atoms with Crippen LogP contribution in [0.1, 0.15) is 32.6 Å². The van der Waals surface area contributed by atoms with Gasteiger partial charge in [-0.15, -0.1) is 0 Å². The summed E-state index contributed by atoms with van der Waals surface area (Å²) in [5, 5.41) is 13.3. The van der Waals surface area contributed by atoms with Crippen molar-refractivity contribution in [1.82, 2.24) is 5.32 Å². The molecule has 4 nitrogen and oxygen atoms in total. The SMILES string of the molecule is CC(=O)N[C@H]1CCCC[C@H]1C(=O)[O-]. The third-order valence-electron chi connectivity index (χ3n) is 2.46. The maximum Gasteiger partial charge on any atom is 0.217 e. The van der Waals surface area contributed by atoms with Gasteiger partial charge < -0.3 is 15.2 Å². The van der Waals surface area contributed by atoms with Gasteiger partial charge in [-0.1, -0.05) is 12.8 Å². The van der Waals surface area contributed by atoms with Crippen LogP contribution < -0.4 is 10.4 Å². The van der Waals surface area contributed by atoms with Crippen LogP contribution in [0, 0.1) is 5.92 Å². The number of nitrogens with one attached hydrogen (secondary N) is 1. The highest BCUT2D eigenvalue weighted by molar-refractivity contribution is 5.75. The Morgan fingerprint density at radius 2 is 1.92 bits per heavy atom. The Morgan fingerprint density at radius 1 is 1.31 bits per heavy atom. The summed E-state index contributed by atoms with van der Waals surface area (Å²) in [7, 11) is 0. The molecule has 0 aromatic rings. The molecule has 1 saturated carbocycles. The van der Waals surface area contributed by atoms with E-state index in [1.165, 1.54) is 6.92 Å². The smallest absolute Gasteiger partial charge is 0.217 e. The number of carbonyl (C=O) groups excluding carboxylic acids is 2. The largest absolute Gasteiger partial charge is 0.550 e. The molecule has 0 bridgehead atoms. The highest BCUT2D eigenvalue weighted by atomic mass is 16.4. The monoisotopic (exact) mass is 184 g/mol. The van der Waals surface area contributed by atoms with E-state index in [1.54, 1.807) is 0 Å². The number of amides is 1. The molecule has 1 fully saturated rings. The average Bonchev–Trinajstić information content (AvgIpc) is 2.03. The first-order chi connectivity index (χ1) is 6.11. The molecule has 0 heterocycles. The summed E-state index contributed by atoms with van der Waals surface area (Å²) in [6.07, 6.45) is 3.26. The van der Waals surface area contributed by atoms with Crippen LogP contribution >= 0.6 is 0 Å². The molecule has 0 aromatic heterocycles. The first-order valence-electron chi connectivity index (χ1n) is 4.59. The number of carboxylic acid groups (broad SMARTS) is 1. The average molecular weight is 184 g/mol. The van der Waals surface area contributed by atoms with Crippen LogP contribution in [0.5, 0.6) is 0 Å². The molecule has 0 saturated heterocycles. The molecule has 74 valence electrons. The Bertz CT molecular complexity index is 215. The fraction of sp³-hybridized carbons (Fsp3) is 0.778. The van der Waals surface area contributed by atoms with Crippen LogP contribution in [0.2, 0.25) is 0 Å². The standard InChI is InChI=1S/C9H15NO3/c1-6(11)10-8-5-3-2-4-7(8)9(12)13/h7-8H,2-5H2,1H3,(H,10,11)(H,12,13)/p-1/t7-,8+/m1/s1. The van der Waals surface area contributed by atoms with E-state index in [-0.39, 0.29) is 11.9 Å². The van der Waals surface area contributed by atoms with Crippen molar-refractivity contribution >= 4 is 11.9 Å². The molecule has 0 aromatic carbocycles. The number of hydrogen-bond donors (Lipinski definition) is 1. The quantitative estimate of drug-likeness (QED) is 0.625. The molecule has 1 aliphatic carbocycles. The zero-order chi connectivity index (χ0) is 9.84. The van der Waals surface area contributed by atoms with E-state index in [9.17, 15) is 14.7 Å². The van der Waals surface area contributed by atoms with Gasteiger partial charge in [0.1, 0.15) is 0 Å². The molecule has 4 heteroatoms. The van der Waals surface area contributed by atoms with Crippen LogP contribution in [0.4, 0.5) is 0 Å². The van der Waals surface area contributed by atoms with Crippen molar-refractivity contribution in [2.24, 2.45) is 5.92 Å². The predicted octanol–water partition coefficient (Wildman–Crippen LogP) is -0.569. The van der Waals surface area contributed by atoms with E-state index in [0.717, 1.165) is 19.3 Å². The van der Waals surface area contributed by atoms with Crippen molar-refractivity contribution in [1.29, 1.82) is 0 Å². The van der Waals surface area contributed by atoms with Crippen molar-refractivity contribution in [3.05, 3.63) is 0 Å². The second-order valence-electron chi connectivity index (χ2n) is 3.52. The number of aliphatic carboxylic acids is 1. The van der Waals surface area contributed by atoms with Crippen LogP contribution in [0.15, 0.2) is 0 Å². The molecule has 1 aliphatic rings.